The Morgan fingerprint density at radius 3 is 2.85 bits per heavy atom. The number of aliphatic hydroxyl groups is 1. The standard InChI is InChI=1S/C17H15F3N4OS/c18-17(19,20)12(25)8-22-15-13-10-4-1-5-11(10)26-16(13)24-14(23-15)9-3-2-6-21-7-9/h2-3,6-7,12,25H,1,4-5,8H2,(H,22,23,24). The van der Waals surface area contributed by atoms with Crippen molar-refractivity contribution < 1.29 is 18.3 Å². The van der Waals surface area contributed by atoms with Crippen LogP contribution in [0.3, 0.4) is 0 Å². The number of nitrogens with zero attached hydrogens (tertiary/aromatic N) is 3. The second kappa shape index (κ2) is 6.48. The van der Waals surface area contributed by atoms with E-state index in [0.29, 0.717) is 17.2 Å². The molecule has 26 heavy (non-hydrogen) atoms. The summed E-state index contributed by atoms with van der Waals surface area (Å²) < 4.78 is 37.9. The van der Waals surface area contributed by atoms with Crippen LogP contribution in [0.25, 0.3) is 21.6 Å². The van der Waals surface area contributed by atoms with E-state index in [0.717, 1.165) is 35.0 Å². The smallest absolute Gasteiger partial charge is 0.382 e. The van der Waals surface area contributed by atoms with E-state index in [1.54, 1.807) is 35.9 Å². The number of rotatable bonds is 4. The van der Waals surface area contributed by atoms with E-state index in [2.05, 4.69) is 20.3 Å². The second-order valence-corrected chi connectivity index (χ2v) is 7.20. The number of hydrogen-bond acceptors (Lipinski definition) is 6. The topological polar surface area (TPSA) is 70.9 Å². The van der Waals surface area contributed by atoms with E-state index >= 15 is 0 Å². The SMILES string of the molecule is OC(CNc1nc(-c2cccnc2)nc2sc3c(c12)CCC3)C(F)(F)F. The van der Waals surface area contributed by atoms with Gasteiger partial charge in [-0.3, -0.25) is 4.98 Å². The van der Waals surface area contributed by atoms with Crippen molar-refractivity contribution in [2.45, 2.75) is 31.5 Å². The van der Waals surface area contributed by atoms with Crippen LogP contribution in [0.1, 0.15) is 16.9 Å². The van der Waals surface area contributed by atoms with E-state index in [1.807, 2.05) is 0 Å². The van der Waals surface area contributed by atoms with Crippen molar-refractivity contribution in [1.29, 1.82) is 0 Å². The molecule has 0 amide bonds. The monoisotopic (exact) mass is 380 g/mol. The second-order valence-electron chi connectivity index (χ2n) is 6.11. The van der Waals surface area contributed by atoms with Crippen molar-refractivity contribution in [3.8, 4) is 11.4 Å². The van der Waals surface area contributed by atoms with Gasteiger partial charge in [-0.1, -0.05) is 0 Å². The Balaban J connectivity index is 1.78. The number of aryl methyl sites for hydroxylation is 2. The van der Waals surface area contributed by atoms with Gasteiger partial charge in [-0.15, -0.1) is 11.3 Å². The molecular formula is C17H15F3N4OS. The molecular weight excluding hydrogens is 365 g/mol. The number of pyridine rings is 1. The van der Waals surface area contributed by atoms with Gasteiger partial charge >= 0.3 is 6.18 Å². The fourth-order valence-corrected chi connectivity index (χ4v) is 4.32. The van der Waals surface area contributed by atoms with Gasteiger partial charge < -0.3 is 10.4 Å². The van der Waals surface area contributed by atoms with Crippen LogP contribution < -0.4 is 5.32 Å². The van der Waals surface area contributed by atoms with Gasteiger partial charge in [0.15, 0.2) is 11.9 Å². The lowest BCUT2D eigenvalue weighted by Gasteiger charge is -2.16. The molecule has 0 aliphatic heterocycles. The summed E-state index contributed by atoms with van der Waals surface area (Å²) in [6.07, 6.45) is -1.07. The molecule has 5 nitrogen and oxygen atoms in total. The molecule has 0 bridgehead atoms. The van der Waals surface area contributed by atoms with E-state index in [1.165, 1.54) is 4.88 Å². The highest BCUT2D eigenvalue weighted by Crippen LogP contribution is 2.40. The average Bonchev–Trinajstić information content (AvgIpc) is 3.19. The molecule has 3 aromatic heterocycles. The fraction of sp³-hybridized carbons (Fsp3) is 0.353. The zero-order chi connectivity index (χ0) is 18.3. The number of halogens is 3. The number of hydrogen-bond donors (Lipinski definition) is 2. The molecule has 3 aromatic rings. The Kier molecular flexibility index (Phi) is 4.28. The van der Waals surface area contributed by atoms with Gasteiger partial charge in [0.25, 0.3) is 0 Å². The molecule has 1 atom stereocenters. The minimum absolute atomic E-state index is 0.330. The molecule has 1 aliphatic rings. The third kappa shape index (κ3) is 3.12. The van der Waals surface area contributed by atoms with Crippen molar-refractivity contribution in [2.75, 3.05) is 11.9 Å². The predicted molar refractivity (Wildman–Crippen MR) is 93.2 cm³/mol. The molecule has 1 aliphatic carbocycles. The van der Waals surface area contributed by atoms with E-state index in [-0.39, 0.29) is 0 Å². The van der Waals surface area contributed by atoms with Gasteiger partial charge in [-0.25, -0.2) is 9.97 Å². The highest BCUT2D eigenvalue weighted by Gasteiger charge is 2.38. The summed E-state index contributed by atoms with van der Waals surface area (Å²) in [6, 6.07) is 3.54. The highest BCUT2D eigenvalue weighted by molar-refractivity contribution is 7.19. The number of fused-ring (bicyclic) bond motifs is 3. The molecule has 4 rings (SSSR count). The molecule has 3 heterocycles. The first-order valence-electron chi connectivity index (χ1n) is 8.15. The zero-order valence-corrected chi connectivity index (χ0v) is 14.4. The van der Waals surface area contributed by atoms with Gasteiger partial charge in [0, 0.05) is 22.8 Å². The van der Waals surface area contributed by atoms with Crippen molar-refractivity contribution in [3.05, 3.63) is 35.0 Å². The van der Waals surface area contributed by atoms with Crippen LogP contribution in [0.15, 0.2) is 24.5 Å². The molecule has 1 unspecified atom stereocenters. The highest BCUT2D eigenvalue weighted by atomic mass is 32.1. The summed E-state index contributed by atoms with van der Waals surface area (Å²) in [5, 5.41) is 12.8. The Bertz CT molecular complexity index is 943. The molecule has 0 saturated carbocycles. The normalized spacial score (nSPS) is 15.2. The Labute approximate surface area is 150 Å². The van der Waals surface area contributed by atoms with Crippen molar-refractivity contribution in [1.82, 2.24) is 15.0 Å². The van der Waals surface area contributed by atoms with Crippen molar-refractivity contribution in [2.24, 2.45) is 0 Å². The predicted octanol–water partition coefficient (Wildman–Crippen LogP) is 3.58. The number of aromatic nitrogens is 3. The first-order valence-corrected chi connectivity index (χ1v) is 8.96. The lowest BCUT2D eigenvalue weighted by atomic mass is 10.1. The Morgan fingerprint density at radius 2 is 2.12 bits per heavy atom. The molecule has 0 saturated heterocycles. The van der Waals surface area contributed by atoms with E-state index in [4.69, 9.17) is 0 Å². The van der Waals surface area contributed by atoms with Crippen LogP contribution in [0.2, 0.25) is 0 Å². The summed E-state index contributed by atoms with van der Waals surface area (Å²) >= 11 is 1.55. The van der Waals surface area contributed by atoms with Gasteiger partial charge in [0.2, 0.25) is 0 Å². The van der Waals surface area contributed by atoms with Crippen LogP contribution in [-0.2, 0) is 12.8 Å². The summed E-state index contributed by atoms with van der Waals surface area (Å²) in [5.74, 6) is 0.728. The van der Waals surface area contributed by atoms with Gasteiger partial charge in [0.1, 0.15) is 10.6 Å². The lowest BCUT2D eigenvalue weighted by Crippen LogP contribution is -2.35. The maximum atomic E-state index is 12.6. The maximum Gasteiger partial charge on any atom is 0.416 e. The van der Waals surface area contributed by atoms with Gasteiger partial charge in [0.05, 0.1) is 11.9 Å². The van der Waals surface area contributed by atoms with Crippen molar-refractivity contribution in [3.63, 3.8) is 0 Å². The van der Waals surface area contributed by atoms with E-state index < -0.39 is 18.8 Å². The van der Waals surface area contributed by atoms with Gasteiger partial charge in [-0.2, -0.15) is 13.2 Å². The average molecular weight is 380 g/mol. The van der Waals surface area contributed by atoms with Crippen LogP contribution in [0.5, 0.6) is 0 Å². The first-order chi connectivity index (χ1) is 12.4. The molecule has 0 fully saturated rings. The summed E-state index contributed by atoms with van der Waals surface area (Å²) in [6.45, 7) is -0.660. The third-order valence-corrected chi connectivity index (χ3v) is 5.51. The molecule has 9 heteroatoms. The lowest BCUT2D eigenvalue weighted by molar-refractivity contribution is -0.198. The summed E-state index contributed by atoms with van der Waals surface area (Å²) in [5.41, 5.74) is 1.79. The van der Waals surface area contributed by atoms with Crippen LogP contribution in [0.4, 0.5) is 19.0 Å². The molecule has 0 aromatic carbocycles. The summed E-state index contributed by atoms with van der Waals surface area (Å²) in [7, 11) is 0. The number of alkyl halides is 3. The minimum atomic E-state index is -4.68. The number of thiophene rings is 1. The number of aliphatic hydroxyl groups excluding tert-OH is 1. The number of anilines is 1. The Hall–Kier alpha value is -2.26. The largest absolute Gasteiger partial charge is 0.416 e. The quantitative estimate of drug-likeness (QED) is 0.724. The van der Waals surface area contributed by atoms with Crippen molar-refractivity contribution >= 4 is 27.4 Å². The van der Waals surface area contributed by atoms with Crippen LogP contribution >= 0.6 is 11.3 Å². The molecule has 0 radical (unpaired) electrons. The molecule has 2 N–H and O–H groups in total. The van der Waals surface area contributed by atoms with Gasteiger partial charge in [-0.05, 0) is 37.0 Å². The fourth-order valence-electron chi connectivity index (χ4n) is 3.06. The summed E-state index contributed by atoms with van der Waals surface area (Å²) in [4.78, 5) is 15.0. The molecule has 0 spiro atoms. The van der Waals surface area contributed by atoms with Crippen LogP contribution in [-0.4, -0.2) is 38.9 Å². The zero-order valence-electron chi connectivity index (χ0n) is 13.5. The third-order valence-electron chi connectivity index (χ3n) is 4.33. The van der Waals surface area contributed by atoms with Crippen LogP contribution in [0, 0.1) is 0 Å². The Morgan fingerprint density at radius 1 is 1.27 bits per heavy atom. The van der Waals surface area contributed by atoms with E-state index in [9.17, 15) is 18.3 Å². The number of nitrogens with one attached hydrogen (secondary N) is 1. The minimum Gasteiger partial charge on any atom is -0.382 e. The first kappa shape index (κ1) is 17.2. The molecule has 136 valence electrons. The maximum absolute atomic E-state index is 12.6.